The molecule has 2 saturated heterocycles. The van der Waals surface area contributed by atoms with Crippen molar-refractivity contribution >= 4 is 40.9 Å². The topological polar surface area (TPSA) is 128 Å². The second kappa shape index (κ2) is 8.14. The van der Waals surface area contributed by atoms with Crippen LogP contribution in [0.5, 0.6) is 5.75 Å². The number of phenols is 1. The fourth-order valence-corrected chi connectivity index (χ4v) is 6.50. The Bertz CT molecular complexity index is 1390. The molecule has 184 valence electrons. The summed E-state index contributed by atoms with van der Waals surface area (Å²) in [6.45, 7) is 1.84. The van der Waals surface area contributed by atoms with Crippen LogP contribution in [-0.4, -0.2) is 45.0 Å². The van der Waals surface area contributed by atoms with E-state index in [1.54, 1.807) is 24.3 Å². The minimum absolute atomic E-state index is 0.152. The molecule has 0 bridgehead atoms. The molecule has 2 heterocycles. The van der Waals surface area contributed by atoms with E-state index in [0.717, 1.165) is 15.8 Å². The summed E-state index contributed by atoms with van der Waals surface area (Å²) in [4.78, 5) is 28.3. The predicted molar refractivity (Wildman–Crippen MR) is 132 cm³/mol. The van der Waals surface area contributed by atoms with E-state index in [0.29, 0.717) is 18.2 Å². The number of benzene rings is 3. The molecule has 0 spiro atoms. The highest BCUT2D eigenvalue weighted by atomic mass is 16.6. The molecule has 6 atom stereocenters. The number of hydrogen-bond donors (Lipinski definition) is 4. The zero-order valence-corrected chi connectivity index (χ0v) is 19.6. The van der Waals surface area contributed by atoms with Crippen LogP contribution in [0.25, 0.3) is 10.8 Å². The molecule has 8 nitrogen and oxygen atoms in total. The van der Waals surface area contributed by atoms with Crippen molar-refractivity contribution in [2.75, 3.05) is 4.90 Å². The summed E-state index contributed by atoms with van der Waals surface area (Å²) in [5, 5.41) is 42.6. The fraction of sp³-hybridized carbons (Fsp3) is 0.333. The van der Waals surface area contributed by atoms with Crippen LogP contribution >= 0.6 is 0 Å². The van der Waals surface area contributed by atoms with Crippen molar-refractivity contribution in [3.63, 3.8) is 0 Å². The van der Waals surface area contributed by atoms with Gasteiger partial charge in [0, 0.05) is 17.2 Å². The molecule has 0 radical (unpaired) electrons. The van der Waals surface area contributed by atoms with E-state index >= 15 is 0 Å². The van der Waals surface area contributed by atoms with E-state index in [4.69, 9.17) is 4.74 Å². The smallest absolute Gasteiger partial charge is 0.488 e. The van der Waals surface area contributed by atoms with Gasteiger partial charge >= 0.3 is 7.12 Å². The van der Waals surface area contributed by atoms with Gasteiger partial charge in [-0.3, -0.25) is 14.5 Å². The van der Waals surface area contributed by atoms with Crippen molar-refractivity contribution in [3.8, 4) is 5.75 Å². The third-order valence-electron chi connectivity index (χ3n) is 8.26. The number of aromatic hydroxyl groups is 1. The number of phenolic OH excluding ortho intramolecular Hbond substituents is 1. The van der Waals surface area contributed by atoms with Crippen LogP contribution in [-0.2, 0) is 14.3 Å². The highest BCUT2D eigenvalue weighted by molar-refractivity contribution is 6.58. The number of fused-ring (bicyclic) bond motifs is 4. The Morgan fingerprint density at radius 2 is 1.72 bits per heavy atom. The number of rotatable bonds is 3. The monoisotopic (exact) mass is 487 g/mol. The maximum atomic E-state index is 13.7. The van der Waals surface area contributed by atoms with Gasteiger partial charge in [-0.25, -0.2) is 0 Å². The van der Waals surface area contributed by atoms with Crippen LogP contribution in [0, 0.1) is 23.7 Å². The van der Waals surface area contributed by atoms with Gasteiger partial charge in [-0.05, 0) is 47.5 Å². The molecule has 2 amide bonds. The Labute approximate surface area is 207 Å². The highest BCUT2D eigenvalue weighted by Crippen LogP contribution is 2.58. The number of imide groups is 1. The summed E-state index contributed by atoms with van der Waals surface area (Å²) in [7, 11) is -1.73. The van der Waals surface area contributed by atoms with Gasteiger partial charge < -0.3 is 25.0 Å². The van der Waals surface area contributed by atoms with Crippen molar-refractivity contribution in [3.05, 3.63) is 66.2 Å². The standard InChI is InChI=1S/C27H26BNO7/c1-14-11-20-24(26(32)29(25(20)31)16-6-4-5-15(12-16)28(34)35)21-13-23(36-27(14,21)33)19-9-10-22(30)18-8-3-2-7-17(18)19/h2-10,12,14,20-21,23-24,30,33-35H,11,13H2,1H3/t14-,20-,21-,23-,24-,27+/m0/s1. The molecule has 0 unspecified atom stereocenters. The van der Waals surface area contributed by atoms with E-state index < -0.39 is 42.7 Å². The van der Waals surface area contributed by atoms with E-state index in [1.807, 2.05) is 31.2 Å². The maximum Gasteiger partial charge on any atom is 0.488 e. The van der Waals surface area contributed by atoms with Crippen molar-refractivity contribution in [1.29, 1.82) is 0 Å². The van der Waals surface area contributed by atoms with Crippen LogP contribution < -0.4 is 10.4 Å². The molecule has 0 aromatic heterocycles. The third kappa shape index (κ3) is 3.24. The van der Waals surface area contributed by atoms with E-state index in [2.05, 4.69) is 0 Å². The zero-order chi connectivity index (χ0) is 25.4. The van der Waals surface area contributed by atoms with Gasteiger partial charge in [0.1, 0.15) is 5.75 Å². The van der Waals surface area contributed by atoms with Gasteiger partial charge in [-0.1, -0.05) is 49.4 Å². The Hall–Kier alpha value is -3.24. The molecular weight excluding hydrogens is 461 g/mol. The summed E-state index contributed by atoms with van der Waals surface area (Å²) in [6, 6.07) is 16.9. The number of amides is 2. The molecule has 1 saturated carbocycles. The SMILES string of the molecule is C[C@H]1C[C@@H]2C(=O)N(c3cccc(B(O)O)c3)C(=O)[C@@H]2[C@@H]2C[C@@H](c3ccc(O)c4ccccc34)O[C@]12O. The molecule has 3 aromatic rings. The second-order valence-electron chi connectivity index (χ2n) is 10.2. The van der Waals surface area contributed by atoms with Crippen molar-refractivity contribution in [2.45, 2.75) is 31.7 Å². The molecule has 1 aliphatic carbocycles. The number of carbonyl (C=O) groups is 2. The molecule has 6 rings (SSSR count). The maximum absolute atomic E-state index is 13.7. The first-order chi connectivity index (χ1) is 17.2. The van der Waals surface area contributed by atoms with Gasteiger partial charge in [0.05, 0.1) is 23.6 Å². The molecule has 3 fully saturated rings. The largest absolute Gasteiger partial charge is 0.507 e. The number of anilines is 1. The number of aliphatic hydroxyl groups is 1. The average Bonchev–Trinajstić information content (AvgIpc) is 3.34. The van der Waals surface area contributed by atoms with Crippen molar-refractivity contribution < 1.29 is 34.6 Å². The predicted octanol–water partition coefficient (Wildman–Crippen LogP) is 1.84. The third-order valence-corrected chi connectivity index (χ3v) is 8.26. The second-order valence-corrected chi connectivity index (χ2v) is 10.2. The number of hydrogen-bond acceptors (Lipinski definition) is 7. The molecular formula is C27H26BNO7. The molecule has 36 heavy (non-hydrogen) atoms. The van der Waals surface area contributed by atoms with Crippen molar-refractivity contribution in [1.82, 2.24) is 0 Å². The van der Waals surface area contributed by atoms with Gasteiger partial charge in [-0.15, -0.1) is 0 Å². The van der Waals surface area contributed by atoms with E-state index in [9.17, 15) is 29.9 Å². The molecule has 2 aliphatic heterocycles. The van der Waals surface area contributed by atoms with Crippen LogP contribution in [0.15, 0.2) is 60.7 Å². The van der Waals surface area contributed by atoms with Crippen LogP contribution in [0.1, 0.15) is 31.4 Å². The molecule has 9 heteroatoms. The quantitative estimate of drug-likeness (QED) is 0.328. The minimum Gasteiger partial charge on any atom is -0.507 e. The molecule has 3 aromatic carbocycles. The molecule has 3 aliphatic rings. The van der Waals surface area contributed by atoms with Crippen LogP contribution in [0.3, 0.4) is 0 Å². The lowest BCUT2D eigenvalue weighted by atomic mass is 9.65. The van der Waals surface area contributed by atoms with Gasteiger partial charge in [0.15, 0.2) is 5.79 Å². The van der Waals surface area contributed by atoms with Crippen LogP contribution in [0.2, 0.25) is 0 Å². The van der Waals surface area contributed by atoms with E-state index in [-0.39, 0.29) is 28.7 Å². The summed E-state index contributed by atoms with van der Waals surface area (Å²) in [5.74, 6) is -4.53. The van der Waals surface area contributed by atoms with Gasteiger partial charge in [0.2, 0.25) is 11.8 Å². The first-order valence-electron chi connectivity index (χ1n) is 12.2. The average molecular weight is 487 g/mol. The van der Waals surface area contributed by atoms with Gasteiger partial charge in [0.25, 0.3) is 0 Å². The number of nitrogens with zero attached hydrogens (tertiary/aromatic N) is 1. The van der Waals surface area contributed by atoms with Crippen LogP contribution in [0.4, 0.5) is 5.69 Å². The van der Waals surface area contributed by atoms with Gasteiger partial charge in [-0.2, -0.15) is 0 Å². The summed E-state index contributed by atoms with van der Waals surface area (Å²) < 4.78 is 6.31. The Morgan fingerprint density at radius 3 is 2.47 bits per heavy atom. The lowest BCUT2D eigenvalue weighted by molar-refractivity contribution is -0.265. The highest BCUT2D eigenvalue weighted by Gasteiger charge is 2.66. The Balaban J connectivity index is 1.38. The van der Waals surface area contributed by atoms with E-state index in [1.165, 1.54) is 12.1 Å². The first kappa shape index (κ1) is 23.2. The lowest BCUT2D eigenvalue weighted by Gasteiger charge is -2.43. The summed E-state index contributed by atoms with van der Waals surface area (Å²) >= 11 is 0. The Morgan fingerprint density at radius 1 is 0.972 bits per heavy atom. The fourth-order valence-electron chi connectivity index (χ4n) is 6.50. The summed E-state index contributed by atoms with van der Waals surface area (Å²) in [6.07, 6.45) is 0.125. The minimum atomic E-state index is -1.73. The lowest BCUT2D eigenvalue weighted by Crippen LogP contribution is -2.52. The summed E-state index contributed by atoms with van der Waals surface area (Å²) in [5.41, 5.74) is 1.27. The zero-order valence-electron chi connectivity index (χ0n) is 19.6. The normalized spacial score (nSPS) is 31.6. The first-order valence-corrected chi connectivity index (χ1v) is 12.2. The number of ether oxygens (including phenoxy) is 1. The van der Waals surface area contributed by atoms with Crippen molar-refractivity contribution in [2.24, 2.45) is 23.7 Å². The Kier molecular flexibility index (Phi) is 5.24. The molecule has 4 N–H and O–H groups in total. The number of carbonyl (C=O) groups excluding carboxylic acids is 2.